The van der Waals surface area contributed by atoms with Gasteiger partial charge >= 0.3 is 22.7 Å². The van der Waals surface area contributed by atoms with Crippen molar-refractivity contribution in [2.75, 3.05) is 18.6 Å². The fourth-order valence-electron chi connectivity index (χ4n) is 7.99. The second-order valence-electron chi connectivity index (χ2n) is 14.0. The van der Waals surface area contributed by atoms with Gasteiger partial charge in [-0.1, -0.05) is 72.8 Å². The highest BCUT2D eigenvalue weighted by Gasteiger charge is 2.52. The highest BCUT2D eigenvalue weighted by molar-refractivity contribution is 8.09. The Bertz CT molecular complexity index is 1680. The average molecular weight is 723 g/mol. The van der Waals surface area contributed by atoms with Gasteiger partial charge in [-0.3, -0.25) is 4.18 Å². The van der Waals surface area contributed by atoms with Gasteiger partial charge in [0.2, 0.25) is 0 Å². The van der Waals surface area contributed by atoms with E-state index in [1.807, 2.05) is 25.1 Å². The van der Waals surface area contributed by atoms with Crippen molar-refractivity contribution in [3.05, 3.63) is 121 Å². The Labute approximate surface area is 302 Å². The molecule has 6 rings (SSSR count). The Hall–Kier alpha value is -1.73. The van der Waals surface area contributed by atoms with Gasteiger partial charge in [0.1, 0.15) is 0 Å². The molecule has 0 saturated carbocycles. The molecule has 3 nitrogen and oxygen atoms in total. The van der Waals surface area contributed by atoms with Crippen LogP contribution in [0.2, 0.25) is 0 Å². The summed E-state index contributed by atoms with van der Waals surface area (Å²) in [5, 5.41) is 5.21. The number of benzene rings is 4. The van der Waals surface area contributed by atoms with E-state index in [-0.39, 0.29) is 6.10 Å². The zero-order valence-electron chi connectivity index (χ0n) is 29.2. The van der Waals surface area contributed by atoms with Crippen molar-refractivity contribution in [1.82, 2.24) is 0 Å². The van der Waals surface area contributed by atoms with Crippen molar-refractivity contribution in [1.29, 1.82) is 0 Å². The van der Waals surface area contributed by atoms with E-state index in [4.69, 9.17) is 26.9 Å². The Balaban J connectivity index is 0.000000205. The molecular weight excluding hydrogens is 674 g/mol. The van der Waals surface area contributed by atoms with Gasteiger partial charge in [-0.05, 0) is 102 Å². The SMILES string of the molecule is [B][P+]1(c2ccccc2)CCC[C@@H]1C[C@@H](C)[P+]([B])(c1ccccc1)c1ccccc1.[B][P+]1(c2ccccc2)CCC[C@@H]1C[C@H](C)OS(C)(=O)=O. The third kappa shape index (κ3) is 9.20. The number of rotatable bonds is 11. The minimum atomic E-state index is -3.40. The zero-order valence-corrected chi connectivity index (χ0v) is 32.7. The summed E-state index contributed by atoms with van der Waals surface area (Å²) in [6.07, 6.45) is 9.48. The summed E-state index contributed by atoms with van der Waals surface area (Å²) in [7, 11) is 12.6. The van der Waals surface area contributed by atoms with E-state index in [9.17, 15) is 8.42 Å². The second kappa shape index (κ2) is 16.7. The predicted molar refractivity (Wildman–Crippen MR) is 222 cm³/mol. The Morgan fingerprint density at radius 1 is 0.673 bits per heavy atom. The fourth-order valence-corrected chi connectivity index (χ4v) is 19.7. The molecule has 2 aliphatic heterocycles. The second-order valence-corrected chi connectivity index (χ2v) is 26.1. The minimum Gasteiger partial charge on any atom is -0.267 e. The molecule has 49 heavy (non-hydrogen) atoms. The van der Waals surface area contributed by atoms with Gasteiger partial charge in [0.25, 0.3) is 10.1 Å². The first-order valence-corrected chi connectivity index (χ1v) is 25.4. The lowest BCUT2D eigenvalue weighted by Crippen LogP contribution is -2.33. The lowest BCUT2D eigenvalue weighted by atomic mass is 10.1. The van der Waals surface area contributed by atoms with Crippen LogP contribution in [0.1, 0.15) is 52.4 Å². The van der Waals surface area contributed by atoms with E-state index in [1.165, 1.54) is 40.2 Å². The zero-order chi connectivity index (χ0) is 35.1. The lowest BCUT2D eigenvalue weighted by Gasteiger charge is -2.34. The van der Waals surface area contributed by atoms with Crippen LogP contribution in [0.15, 0.2) is 121 Å². The van der Waals surface area contributed by atoms with Gasteiger partial charge in [-0.2, -0.15) is 8.42 Å². The monoisotopic (exact) mass is 723 g/mol. The van der Waals surface area contributed by atoms with Crippen LogP contribution in [0.4, 0.5) is 0 Å². The van der Waals surface area contributed by atoms with Crippen molar-refractivity contribution in [3.63, 3.8) is 0 Å². The summed E-state index contributed by atoms with van der Waals surface area (Å²) in [6, 6.07) is 42.6. The molecule has 4 aromatic rings. The summed E-state index contributed by atoms with van der Waals surface area (Å²) in [4.78, 5) is 0. The van der Waals surface area contributed by atoms with E-state index in [0.29, 0.717) is 23.4 Å². The average Bonchev–Trinajstić information content (AvgIpc) is 3.67. The maximum absolute atomic E-state index is 11.2. The highest BCUT2D eigenvalue weighted by atomic mass is 32.2. The molecule has 2 fully saturated rings. The van der Waals surface area contributed by atoms with E-state index in [2.05, 4.69) is 110 Å². The van der Waals surface area contributed by atoms with Crippen LogP contribution in [0.5, 0.6) is 0 Å². The van der Waals surface area contributed by atoms with Gasteiger partial charge in [0, 0.05) is 32.3 Å². The van der Waals surface area contributed by atoms with Crippen LogP contribution >= 0.6 is 21.4 Å². The number of hydrogen-bond acceptors (Lipinski definition) is 3. The van der Waals surface area contributed by atoms with Gasteiger partial charge in [0.05, 0.1) is 50.6 Å². The molecule has 2 saturated heterocycles. The van der Waals surface area contributed by atoms with Crippen LogP contribution in [0.25, 0.3) is 0 Å². The molecule has 4 aromatic carbocycles. The number of hydrogen-bond donors (Lipinski definition) is 0. The van der Waals surface area contributed by atoms with Crippen LogP contribution in [-0.4, -0.2) is 72.8 Å². The molecule has 2 unspecified atom stereocenters. The maximum Gasteiger partial charge on any atom is 0.377 e. The van der Waals surface area contributed by atoms with Crippen LogP contribution in [0, 0.1) is 0 Å². The quantitative estimate of drug-likeness (QED) is 0.0919. The largest absolute Gasteiger partial charge is 0.377 e. The van der Waals surface area contributed by atoms with E-state index in [0.717, 1.165) is 31.7 Å². The van der Waals surface area contributed by atoms with E-state index >= 15 is 0 Å². The van der Waals surface area contributed by atoms with Gasteiger partial charge in [0.15, 0.2) is 0 Å². The lowest BCUT2D eigenvalue weighted by molar-refractivity contribution is 0.218. The van der Waals surface area contributed by atoms with E-state index in [1.54, 1.807) is 0 Å². The first kappa shape index (κ1) is 38.5. The summed E-state index contributed by atoms with van der Waals surface area (Å²) in [5.74, 6) is 0. The topological polar surface area (TPSA) is 43.4 Å². The Morgan fingerprint density at radius 3 is 1.43 bits per heavy atom. The molecule has 0 aromatic heterocycles. The fraction of sp³-hybridized carbons (Fsp3) is 0.385. The molecule has 6 radical (unpaired) electrons. The van der Waals surface area contributed by atoms with Crippen LogP contribution in [0.3, 0.4) is 0 Å². The third-order valence-corrected chi connectivity index (χ3v) is 23.3. The first-order valence-electron chi connectivity index (χ1n) is 17.5. The van der Waals surface area contributed by atoms with Gasteiger partial charge in [-0.15, -0.1) is 0 Å². The molecule has 250 valence electrons. The van der Waals surface area contributed by atoms with Crippen LogP contribution < -0.4 is 21.2 Å². The van der Waals surface area contributed by atoms with Crippen molar-refractivity contribution < 1.29 is 12.6 Å². The molecule has 2 heterocycles. The normalized spacial score (nSPS) is 25.2. The molecule has 0 N–H and O–H groups in total. The van der Waals surface area contributed by atoms with Gasteiger partial charge in [-0.25, -0.2) is 0 Å². The smallest absolute Gasteiger partial charge is 0.267 e. The molecular formula is C39H49B3O3P3S+3. The molecule has 0 bridgehead atoms. The maximum atomic E-state index is 11.2. The van der Waals surface area contributed by atoms with E-state index < -0.39 is 31.5 Å². The summed E-state index contributed by atoms with van der Waals surface area (Å²) >= 11 is 0. The molecule has 0 aliphatic carbocycles. The summed E-state index contributed by atoms with van der Waals surface area (Å²) < 4.78 is 27.5. The van der Waals surface area contributed by atoms with Crippen molar-refractivity contribution in [2.45, 2.75) is 75.5 Å². The van der Waals surface area contributed by atoms with Crippen molar-refractivity contribution in [3.8, 4) is 0 Å². The van der Waals surface area contributed by atoms with Crippen LogP contribution in [-0.2, 0) is 14.3 Å². The predicted octanol–water partition coefficient (Wildman–Crippen LogP) is 7.44. The third-order valence-electron chi connectivity index (χ3n) is 10.5. The Morgan fingerprint density at radius 2 is 1.04 bits per heavy atom. The molecule has 0 spiro atoms. The van der Waals surface area contributed by atoms with Gasteiger partial charge < -0.3 is 0 Å². The Kier molecular flexibility index (Phi) is 13.2. The summed E-state index contributed by atoms with van der Waals surface area (Å²) in [5.41, 5.74) is 1.32. The minimum absolute atomic E-state index is 0.306. The molecule has 6 atom stereocenters. The summed E-state index contributed by atoms with van der Waals surface area (Å²) in [6.45, 7) is 4.18. The highest BCUT2D eigenvalue weighted by Crippen LogP contribution is 2.68. The van der Waals surface area contributed by atoms with Crippen molar-refractivity contribution in [2.24, 2.45) is 0 Å². The van der Waals surface area contributed by atoms with Crippen molar-refractivity contribution >= 4 is 75.5 Å². The molecule has 2 aliphatic rings. The standard InChI is InChI=1S/C25H28B2P2.C14H21BO3PS/c1-21(20-25-18-11-19-28(25,26)22-12-5-2-6-13-22)29(27,23-14-7-3-8-15-23)24-16-9-4-10-17-24;1-12(18-20(2,16)17)11-14-9-6-10-19(14,15)13-7-4-3-5-8-13/h2-10,12-17,21,25H,11,18-20H2,1H3;3-5,7-8,12,14H,6,9-11H2,1-2H3/q+2;+1/t21-,25-,28?;12-,14+,19?/m10/s1. The molecule has 0 amide bonds. The molecule has 10 heteroatoms. The first-order chi connectivity index (χ1) is 23.4.